The molecule has 31 nitrogen and oxygen atoms in total. The van der Waals surface area contributed by atoms with Gasteiger partial charge in [0, 0.05) is 18.5 Å². The van der Waals surface area contributed by atoms with E-state index in [0.717, 1.165) is 89.2 Å². The van der Waals surface area contributed by atoms with E-state index in [0.29, 0.717) is 17.9 Å². The molecule has 0 saturated carbocycles. The first-order valence-electron chi connectivity index (χ1n) is 24.9. The van der Waals surface area contributed by atoms with Gasteiger partial charge in [0.25, 0.3) is 15.9 Å². The third kappa shape index (κ3) is 20.6. The van der Waals surface area contributed by atoms with E-state index in [1.54, 1.807) is 11.6 Å². The van der Waals surface area contributed by atoms with Gasteiger partial charge < -0.3 is 62.2 Å². The number of nitrogens with one attached hydrogen (secondary N) is 2. The second-order valence-corrected chi connectivity index (χ2v) is 23.6. The lowest BCUT2D eigenvalue weighted by atomic mass is 10.1. The van der Waals surface area contributed by atoms with Crippen LogP contribution in [0.3, 0.4) is 0 Å². The predicted octanol–water partition coefficient (Wildman–Crippen LogP) is -0.0302. The summed E-state index contributed by atoms with van der Waals surface area (Å²) in [4.78, 5) is 162. The minimum absolute atomic E-state index is 0.165. The van der Waals surface area contributed by atoms with Gasteiger partial charge in [0.1, 0.15) is 8.42 Å². The molecular weight excluding hydrogens is 1160 g/mol. The monoisotopic (exact) mass is 1230 g/mol. The summed E-state index contributed by atoms with van der Waals surface area (Å²) < 4.78 is 112. The number of fused-ring (bicyclic) bond motifs is 1. The van der Waals surface area contributed by atoms with Crippen LogP contribution in [-0.2, 0) is 139 Å². The van der Waals surface area contributed by atoms with E-state index in [-0.39, 0.29) is 16.2 Å². The zero-order chi connectivity index (χ0) is 63.0. The Hall–Kier alpha value is -7.33. The van der Waals surface area contributed by atoms with Crippen molar-refractivity contribution in [3.63, 3.8) is 0 Å². The first-order valence-corrected chi connectivity index (χ1v) is 28.7. The third-order valence-electron chi connectivity index (χ3n) is 11.0. The molecule has 2 rings (SSSR count). The first kappa shape index (κ1) is 70.8. The van der Waals surface area contributed by atoms with Crippen molar-refractivity contribution in [3.05, 3.63) is 11.6 Å². The summed E-state index contributed by atoms with van der Waals surface area (Å²) in [6, 6.07) is 0.677. The quantitative estimate of drug-likeness (QED) is 0.0821. The number of esters is 12. The second kappa shape index (κ2) is 30.6. The Morgan fingerprint density at radius 2 is 0.720 bits per heavy atom. The van der Waals surface area contributed by atoms with E-state index in [4.69, 9.17) is 52.1 Å². The molecule has 1 amide bonds. The Balaban J connectivity index is 1.81. The van der Waals surface area contributed by atoms with Crippen LogP contribution < -0.4 is 10.0 Å². The van der Waals surface area contributed by atoms with Crippen molar-refractivity contribution in [2.45, 2.75) is 203 Å². The standard InChI is InChI=1S/C48H66N2O29S3/c1-16-49-34-17-19(2)81(64,65)48-33(34)18-35(80-48)82(66,67)50-36(52)20(3)69-38(54)22(5)71-40(56)24(7)73-42(58)26(9)75-44(60)28(11)77-46(62)30(13)79-47(63)31(14)78-45(61)29(12)76-43(59)27(10)74-41(57)25(8)72-39(55)23(6)70-37(53)21(4)68-32(15)51/h18-31,34,49H,16-17H2,1-15H3,(H,50,52)/t19-,20-,21-,22-,23-,24-,25-,26-,27-,28-,29-,30-,31-,34-/m0/s1. The van der Waals surface area contributed by atoms with E-state index in [1.165, 1.54) is 13.8 Å². The number of ether oxygens (including phenoxy) is 12. The minimum atomic E-state index is -4.67. The molecule has 82 heavy (non-hydrogen) atoms. The topological polar surface area (TPSA) is 425 Å². The maximum absolute atomic E-state index is 13.2. The average Bonchev–Trinajstić information content (AvgIpc) is 4.02. The van der Waals surface area contributed by atoms with Gasteiger partial charge in [-0.2, -0.15) is 0 Å². The number of rotatable bonds is 28. The second-order valence-electron chi connectivity index (χ2n) is 18.1. The number of sulfonamides is 1. The van der Waals surface area contributed by atoms with Crippen LogP contribution in [-0.4, -0.2) is 179 Å². The number of carbonyl (C=O) groups is 13. The molecule has 1 aliphatic heterocycles. The molecule has 0 aromatic carbocycles. The summed E-state index contributed by atoms with van der Waals surface area (Å²) in [5.74, 6) is -16.3. The van der Waals surface area contributed by atoms with Gasteiger partial charge in [-0.3, -0.25) is 9.59 Å². The van der Waals surface area contributed by atoms with Crippen molar-refractivity contribution in [1.29, 1.82) is 0 Å². The minimum Gasteiger partial charge on any atom is -0.451 e. The molecule has 2 heterocycles. The molecule has 1 aromatic heterocycles. The molecule has 0 spiro atoms. The summed E-state index contributed by atoms with van der Waals surface area (Å²) in [7, 11) is -8.54. The molecule has 2 N–H and O–H groups in total. The fourth-order valence-corrected chi connectivity index (χ4v) is 11.3. The van der Waals surface area contributed by atoms with Gasteiger partial charge in [0.15, 0.2) is 83.1 Å². The summed E-state index contributed by atoms with van der Waals surface area (Å²) in [6.07, 6.45) is -20.2. The molecule has 0 saturated heterocycles. The van der Waals surface area contributed by atoms with Crippen molar-refractivity contribution in [1.82, 2.24) is 10.0 Å². The van der Waals surface area contributed by atoms with Crippen molar-refractivity contribution < 1.29 is 136 Å². The average molecular weight is 1230 g/mol. The zero-order valence-corrected chi connectivity index (χ0v) is 49.6. The van der Waals surface area contributed by atoms with E-state index >= 15 is 0 Å². The smallest absolute Gasteiger partial charge is 0.347 e. The van der Waals surface area contributed by atoms with Crippen molar-refractivity contribution in [3.8, 4) is 0 Å². The molecule has 1 aromatic rings. The van der Waals surface area contributed by atoms with Gasteiger partial charge in [0.05, 0.1) is 5.25 Å². The lowest BCUT2D eigenvalue weighted by Gasteiger charge is -2.27. The Morgan fingerprint density at radius 3 is 0.963 bits per heavy atom. The first-order chi connectivity index (χ1) is 37.7. The summed E-state index contributed by atoms with van der Waals surface area (Å²) in [5.41, 5.74) is 0.231. The van der Waals surface area contributed by atoms with Gasteiger partial charge in [-0.15, -0.1) is 11.3 Å². The molecule has 0 unspecified atom stereocenters. The lowest BCUT2D eigenvalue weighted by Crippen LogP contribution is -2.42. The lowest BCUT2D eigenvalue weighted by molar-refractivity contribution is -0.190. The molecule has 0 bridgehead atoms. The predicted molar refractivity (Wildman–Crippen MR) is 270 cm³/mol. The summed E-state index contributed by atoms with van der Waals surface area (Å²) in [6.45, 7) is 17.3. The van der Waals surface area contributed by atoms with Crippen LogP contribution in [0, 0.1) is 0 Å². The number of sulfone groups is 1. The molecule has 14 atom stereocenters. The third-order valence-corrected chi connectivity index (χ3v) is 16.7. The van der Waals surface area contributed by atoms with Gasteiger partial charge >= 0.3 is 71.6 Å². The summed E-state index contributed by atoms with van der Waals surface area (Å²) in [5, 5.41) is 2.30. The Labute approximate surface area is 474 Å². The molecule has 0 aliphatic carbocycles. The van der Waals surface area contributed by atoms with Gasteiger partial charge in [-0.05, 0) is 109 Å². The normalized spacial score (nSPS) is 18.8. The van der Waals surface area contributed by atoms with Crippen molar-refractivity contribution in [2.75, 3.05) is 6.54 Å². The van der Waals surface area contributed by atoms with Gasteiger partial charge in [-0.1, -0.05) is 6.92 Å². The highest BCUT2D eigenvalue weighted by molar-refractivity contribution is 7.95. The number of hydrogen-bond acceptors (Lipinski definition) is 31. The van der Waals surface area contributed by atoms with Crippen LogP contribution in [0.25, 0.3) is 0 Å². The highest BCUT2D eigenvalue weighted by Gasteiger charge is 2.41. The SMILES string of the molecule is CCN[C@H]1C[C@H](C)S(=O)(=O)c2sc(S(=O)(=O)NC(=O)[C@H](C)OC(=O)[C@H](C)OC(=O)[C@H](C)OC(=O)[C@H](C)OC(=O)[C@H](C)OC(=O)[C@H](C)OC(=O)[C@H](C)OC(=O)[C@H](C)OC(=O)[C@H](C)OC(=O)[C@H](C)OC(=O)[C@H](C)OC(=O)[C@H](C)OC(C)=O)cc21. The largest absolute Gasteiger partial charge is 0.451 e. The maximum Gasteiger partial charge on any atom is 0.347 e. The van der Waals surface area contributed by atoms with E-state index in [9.17, 15) is 79.2 Å². The van der Waals surface area contributed by atoms with Crippen LogP contribution in [0.5, 0.6) is 0 Å². The molecule has 1 aliphatic rings. The molecule has 460 valence electrons. The Kier molecular flexibility index (Phi) is 26.5. The van der Waals surface area contributed by atoms with E-state index < -0.39 is 186 Å². The number of carbonyl (C=O) groups excluding carboxylic acids is 13. The van der Waals surface area contributed by atoms with Gasteiger partial charge in [-0.25, -0.2) is 74.3 Å². The number of hydrogen-bond donors (Lipinski definition) is 2. The summed E-state index contributed by atoms with van der Waals surface area (Å²) >= 11 is 0.456. The van der Waals surface area contributed by atoms with Crippen LogP contribution in [0.2, 0.25) is 0 Å². The fourth-order valence-electron chi connectivity index (χ4n) is 6.24. The van der Waals surface area contributed by atoms with E-state index in [1.807, 2.05) is 0 Å². The highest BCUT2D eigenvalue weighted by atomic mass is 32.3. The van der Waals surface area contributed by atoms with Crippen LogP contribution in [0.15, 0.2) is 14.5 Å². The van der Waals surface area contributed by atoms with Crippen LogP contribution >= 0.6 is 11.3 Å². The maximum atomic E-state index is 13.2. The van der Waals surface area contributed by atoms with E-state index in [2.05, 4.69) is 10.1 Å². The van der Waals surface area contributed by atoms with Crippen molar-refractivity contribution in [2.24, 2.45) is 0 Å². The number of amides is 1. The Bertz CT molecular complexity index is 2830. The Morgan fingerprint density at radius 1 is 0.476 bits per heavy atom. The van der Waals surface area contributed by atoms with Crippen LogP contribution in [0.1, 0.15) is 122 Å². The fraction of sp³-hybridized carbons (Fsp3) is 0.646. The molecule has 0 fully saturated rings. The highest BCUT2D eigenvalue weighted by Crippen LogP contribution is 2.42. The molecular formula is C48H66N2O29S3. The van der Waals surface area contributed by atoms with Crippen molar-refractivity contribution >= 4 is 109 Å². The zero-order valence-electron chi connectivity index (χ0n) is 47.1. The van der Waals surface area contributed by atoms with Gasteiger partial charge in [0.2, 0.25) is 0 Å². The van der Waals surface area contributed by atoms with Crippen LogP contribution in [0.4, 0.5) is 0 Å². The molecule has 0 radical (unpaired) electrons. The molecule has 34 heteroatoms. The number of thiophene rings is 1.